The SMILES string of the molecule is CCCc1cc(=O)[nH]c(Sc2cc(Cl)ncn2)n1. The molecule has 5 nitrogen and oxygen atoms in total. The predicted molar refractivity (Wildman–Crippen MR) is 70.0 cm³/mol. The van der Waals surface area contributed by atoms with Gasteiger partial charge >= 0.3 is 0 Å². The highest BCUT2D eigenvalue weighted by atomic mass is 35.5. The van der Waals surface area contributed by atoms with Crippen LogP contribution in [-0.2, 0) is 6.42 Å². The van der Waals surface area contributed by atoms with Crippen LogP contribution in [0.4, 0.5) is 0 Å². The first-order valence-corrected chi connectivity index (χ1v) is 6.62. The summed E-state index contributed by atoms with van der Waals surface area (Å²) in [6.45, 7) is 2.04. The standard InChI is InChI=1S/C11H11ClN4OS/c1-2-3-7-4-9(17)16-11(15-7)18-10-5-8(12)13-6-14-10/h4-6H,2-3H2,1H3,(H,15,16,17). The van der Waals surface area contributed by atoms with E-state index in [1.165, 1.54) is 24.2 Å². The number of aromatic nitrogens is 4. The van der Waals surface area contributed by atoms with Crippen LogP contribution in [0.3, 0.4) is 0 Å². The number of halogens is 1. The van der Waals surface area contributed by atoms with Gasteiger partial charge in [0.25, 0.3) is 5.56 Å². The van der Waals surface area contributed by atoms with Gasteiger partial charge in [0.2, 0.25) is 0 Å². The van der Waals surface area contributed by atoms with E-state index in [0.717, 1.165) is 18.5 Å². The summed E-state index contributed by atoms with van der Waals surface area (Å²) in [5.41, 5.74) is 0.625. The van der Waals surface area contributed by atoms with Crippen LogP contribution < -0.4 is 5.56 Å². The Bertz CT molecular complexity index is 602. The van der Waals surface area contributed by atoms with Crippen molar-refractivity contribution >= 4 is 23.4 Å². The molecule has 0 radical (unpaired) electrons. The molecule has 0 unspecified atom stereocenters. The molecule has 7 heteroatoms. The molecule has 0 aliphatic rings. The number of hydrogen-bond acceptors (Lipinski definition) is 5. The highest BCUT2D eigenvalue weighted by Gasteiger charge is 2.05. The predicted octanol–water partition coefficient (Wildman–Crippen LogP) is 2.32. The monoisotopic (exact) mass is 282 g/mol. The van der Waals surface area contributed by atoms with Gasteiger partial charge in [-0.2, -0.15) is 0 Å². The number of aromatic amines is 1. The molecule has 0 saturated heterocycles. The molecule has 2 aromatic rings. The van der Waals surface area contributed by atoms with Crippen LogP contribution in [0.2, 0.25) is 5.15 Å². The van der Waals surface area contributed by atoms with Gasteiger partial charge in [-0.1, -0.05) is 24.9 Å². The largest absolute Gasteiger partial charge is 0.301 e. The third-order valence-corrected chi connectivity index (χ3v) is 3.11. The average molecular weight is 283 g/mol. The summed E-state index contributed by atoms with van der Waals surface area (Å²) in [6.07, 6.45) is 3.10. The molecular formula is C11H11ClN4OS. The number of rotatable bonds is 4. The van der Waals surface area contributed by atoms with Crippen molar-refractivity contribution in [3.8, 4) is 0 Å². The summed E-state index contributed by atoms with van der Waals surface area (Å²) in [7, 11) is 0. The molecule has 0 bridgehead atoms. The lowest BCUT2D eigenvalue weighted by Gasteiger charge is -2.02. The fraction of sp³-hybridized carbons (Fsp3) is 0.273. The fourth-order valence-electron chi connectivity index (χ4n) is 1.39. The zero-order chi connectivity index (χ0) is 13.0. The van der Waals surface area contributed by atoms with E-state index in [-0.39, 0.29) is 5.56 Å². The van der Waals surface area contributed by atoms with Gasteiger partial charge in [0.15, 0.2) is 5.16 Å². The molecular weight excluding hydrogens is 272 g/mol. The Morgan fingerprint density at radius 2 is 2.22 bits per heavy atom. The number of H-pyrrole nitrogens is 1. The molecule has 0 aliphatic heterocycles. The van der Waals surface area contributed by atoms with E-state index >= 15 is 0 Å². The number of nitrogens with one attached hydrogen (secondary N) is 1. The second kappa shape index (κ2) is 5.97. The minimum absolute atomic E-state index is 0.156. The van der Waals surface area contributed by atoms with Crippen LogP contribution in [0.25, 0.3) is 0 Å². The van der Waals surface area contributed by atoms with Crippen LogP contribution in [0, 0.1) is 0 Å². The molecule has 2 rings (SSSR count). The van der Waals surface area contributed by atoms with Gasteiger partial charge in [-0.15, -0.1) is 0 Å². The smallest absolute Gasteiger partial charge is 0.251 e. The van der Waals surface area contributed by atoms with Crippen molar-refractivity contribution in [3.63, 3.8) is 0 Å². The van der Waals surface area contributed by atoms with E-state index in [1.54, 1.807) is 6.07 Å². The van der Waals surface area contributed by atoms with Gasteiger partial charge in [-0.25, -0.2) is 15.0 Å². The van der Waals surface area contributed by atoms with Crippen molar-refractivity contribution in [1.82, 2.24) is 19.9 Å². The molecule has 1 N–H and O–H groups in total. The molecule has 0 fully saturated rings. The molecule has 0 atom stereocenters. The first-order chi connectivity index (χ1) is 8.67. The molecule has 18 heavy (non-hydrogen) atoms. The summed E-state index contributed by atoms with van der Waals surface area (Å²) in [5, 5.41) is 1.52. The third-order valence-electron chi connectivity index (χ3n) is 2.09. The molecule has 0 aliphatic carbocycles. The summed E-state index contributed by atoms with van der Waals surface area (Å²) in [6, 6.07) is 3.14. The van der Waals surface area contributed by atoms with Gasteiger partial charge in [0, 0.05) is 17.8 Å². The molecule has 0 aromatic carbocycles. The van der Waals surface area contributed by atoms with E-state index in [1.807, 2.05) is 6.92 Å². The zero-order valence-electron chi connectivity index (χ0n) is 9.68. The minimum Gasteiger partial charge on any atom is -0.301 e. The van der Waals surface area contributed by atoms with Crippen molar-refractivity contribution in [2.45, 2.75) is 29.9 Å². The summed E-state index contributed by atoms with van der Waals surface area (Å²) in [4.78, 5) is 26.3. The summed E-state index contributed by atoms with van der Waals surface area (Å²) >= 11 is 7.02. The lowest BCUT2D eigenvalue weighted by atomic mass is 10.2. The lowest BCUT2D eigenvalue weighted by Crippen LogP contribution is -2.09. The van der Waals surface area contributed by atoms with Gasteiger partial charge in [0.1, 0.15) is 16.5 Å². The second-order valence-electron chi connectivity index (χ2n) is 3.57. The Labute approximate surface area is 113 Å². The van der Waals surface area contributed by atoms with Crippen LogP contribution in [0.15, 0.2) is 33.4 Å². The summed E-state index contributed by atoms with van der Waals surface area (Å²) < 4.78 is 0. The van der Waals surface area contributed by atoms with Crippen molar-refractivity contribution in [1.29, 1.82) is 0 Å². The van der Waals surface area contributed by atoms with Crippen LogP contribution >= 0.6 is 23.4 Å². The first kappa shape index (κ1) is 13.0. The minimum atomic E-state index is -0.156. The third kappa shape index (κ3) is 3.54. The quantitative estimate of drug-likeness (QED) is 0.688. The maximum atomic E-state index is 11.5. The fourth-order valence-corrected chi connectivity index (χ4v) is 2.38. The van der Waals surface area contributed by atoms with E-state index < -0.39 is 0 Å². The number of nitrogens with zero attached hydrogens (tertiary/aromatic N) is 3. The Morgan fingerprint density at radius 1 is 1.39 bits per heavy atom. The van der Waals surface area contributed by atoms with Crippen molar-refractivity contribution < 1.29 is 0 Å². The maximum Gasteiger partial charge on any atom is 0.251 e. The van der Waals surface area contributed by atoms with Gasteiger partial charge in [0.05, 0.1) is 0 Å². The topological polar surface area (TPSA) is 71.5 Å². The molecule has 2 heterocycles. The van der Waals surface area contributed by atoms with Crippen molar-refractivity contribution in [3.05, 3.63) is 39.7 Å². The molecule has 94 valence electrons. The Kier molecular flexibility index (Phi) is 4.33. The Hall–Kier alpha value is -1.40. The average Bonchev–Trinajstić information content (AvgIpc) is 2.28. The molecule has 0 spiro atoms. The van der Waals surface area contributed by atoms with Crippen molar-refractivity contribution in [2.24, 2.45) is 0 Å². The normalized spacial score (nSPS) is 10.6. The Balaban J connectivity index is 2.26. The van der Waals surface area contributed by atoms with E-state index in [0.29, 0.717) is 15.3 Å². The maximum absolute atomic E-state index is 11.5. The number of hydrogen-bond donors (Lipinski definition) is 1. The Morgan fingerprint density at radius 3 is 2.94 bits per heavy atom. The second-order valence-corrected chi connectivity index (χ2v) is 4.97. The van der Waals surface area contributed by atoms with E-state index in [4.69, 9.17) is 11.6 Å². The highest BCUT2D eigenvalue weighted by Crippen LogP contribution is 2.22. The van der Waals surface area contributed by atoms with Crippen LogP contribution in [0.5, 0.6) is 0 Å². The molecule has 0 amide bonds. The number of aryl methyl sites for hydroxylation is 1. The first-order valence-electron chi connectivity index (χ1n) is 5.43. The van der Waals surface area contributed by atoms with E-state index in [2.05, 4.69) is 19.9 Å². The molecule has 2 aromatic heterocycles. The van der Waals surface area contributed by atoms with Gasteiger partial charge in [-0.3, -0.25) is 4.79 Å². The van der Waals surface area contributed by atoms with Gasteiger partial charge in [-0.05, 0) is 18.2 Å². The van der Waals surface area contributed by atoms with Gasteiger partial charge < -0.3 is 4.98 Å². The van der Waals surface area contributed by atoms with Crippen LogP contribution in [-0.4, -0.2) is 19.9 Å². The van der Waals surface area contributed by atoms with Crippen molar-refractivity contribution in [2.75, 3.05) is 0 Å². The molecule has 0 saturated carbocycles. The summed E-state index contributed by atoms with van der Waals surface area (Å²) in [5.74, 6) is 0. The zero-order valence-corrected chi connectivity index (χ0v) is 11.3. The van der Waals surface area contributed by atoms with Crippen LogP contribution in [0.1, 0.15) is 19.0 Å². The highest BCUT2D eigenvalue weighted by molar-refractivity contribution is 7.99. The lowest BCUT2D eigenvalue weighted by molar-refractivity contribution is 0.814. The van der Waals surface area contributed by atoms with E-state index in [9.17, 15) is 4.79 Å².